The normalized spacial score (nSPS) is 14.3. The third-order valence-corrected chi connectivity index (χ3v) is 7.92. The summed E-state index contributed by atoms with van der Waals surface area (Å²) in [6, 6.07) is 3.92. The summed E-state index contributed by atoms with van der Waals surface area (Å²) in [5, 5.41) is -5.50. The highest BCUT2D eigenvalue weighted by Crippen LogP contribution is 2.38. The molecule has 0 radical (unpaired) electrons. The molecule has 1 N–H and O–H groups in total. The molecule has 1 rings (SSSR count). The summed E-state index contributed by atoms with van der Waals surface area (Å²) in [4.78, 5) is 0. The molecular formula is C14H14F5I3O5S. The van der Waals surface area contributed by atoms with Crippen molar-refractivity contribution in [1.29, 1.82) is 0 Å². The number of hydrogen-bond acceptors (Lipinski definition) is 4. The molecular weight excluding hydrogens is 756 g/mol. The van der Waals surface area contributed by atoms with E-state index in [1.165, 1.54) is 0 Å². The van der Waals surface area contributed by atoms with Crippen LogP contribution in [-0.4, -0.2) is 43.7 Å². The Labute approximate surface area is 199 Å². The average Bonchev–Trinajstić information content (AvgIpc) is 2.51. The molecule has 28 heavy (non-hydrogen) atoms. The van der Waals surface area contributed by atoms with Crippen LogP contribution in [0.4, 0.5) is 22.0 Å². The summed E-state index contributed by atoms with van der Waals surface area (Å²) >= 11 is 6.50. The van der Waals surface area contributed by atoms with Gasteiger partial charge in [-0.1, -0.05) is 0 Å². The second-order valence-electron chi connectivity index (χ2n) is 5.45. The van der Waals surface area contributed by atoms with Crippen molar-refractivity contribution in [1.82, 2.24) is 0 Å². The molecule has 0 amide bonds. The average molecular weight is 770 g/mol. The second-order valence-corrected chi connectivity index (χ2v) is 10.4. The lowest BCUT2D eigenvalue weighted by molar-refractivity contribution is -0.264. The van der Waals surface area contributed by atoms with Crippen molar-refractivity contribution in [2.75, 3.05) is 13.2 Å². The molecule has 1 aromatic carbocycles. The Morgan fingerprint density at radius 1 is 1.04 bits per heavy atom. The number of benzene rings is 1. The van der Waals surface area contributed by atoms with Crippen molar-refractivity contribution in [2.45, 2.75) is 37.0 Å². The number of hydrogen-bond donors (Lipinski definition) is 1. The van der Waals surface area contributed by atoms with Gasteiger partial charge in [-0.2, -0.15) is 30.4 Å². The molecule has 0 aliphatic heterocycles. The molecule has 1 aromatic rings. The van der Waals surface area contributed by atoms with E-state index in [0.29, 0.717) is 0 Å². The number of halogens is 8. The zero-order chi connectivity index (χ0) is 21.8. The smallest absolute Gasteiger partial charge is 0.377 e. The molecule has 0 aromatic heterocycles. The van der Waals surface area contributed by atoms with Crippen LogP contribution in [0.15, 0.2) is 12.1 Å². The van der Waals surface area contributed by atoms with Crippen molar-refractivity contribution < 1.29 is 44.4 Å². The first-order valence-corrected chi connectivity index (χ1v) is 12.1. The Hall–Kier alpha value is 0.890. The molecule has 0 bridgehead atoms. The maximum atomic E-state index is 13.3. The van der Waals surface area contributed by atoms with Gasteiger partial charge in [0.1, 0.15) is 0 Å². The number of ether oxygens (including phenoxy) is 2. The first-order valence-electron chi connectivity index (χ1n) is 7.42. The van der Waals surface area contributed by atoms with E-state index in [1.54, 1.807) is 0 Å². The topological polar surface area (TPSA) is 72.8 Å². The van der Waals surface area contributed by atoms with E-state index in [0.717, 1.165) is 16.3 Å². The van der Waals surface area contributed by atoms with E-state index in [2.05, 4.69) is 72.5 Å². The Morgan fingerprint density at radius 2 is 1.61 bits per heavy atom. The Bertz CT molecular complexity index is 773. The van der Waals surface area contributed by atoms with Gasteiger partial charge in [-0.3, -0.25) is 4.55 Å². The maximum Gasteiger partial charge on any atom is 0.421 e. The minimum absolute atomic E-state index is 0.0743. The third-order valence-electron chi connectivity index (χ3n) is 3.24. The van der Waals surface area contributed by atoms with Gasteiger partial charge in [0, 0.05) is 23.9 Å². The van der Waals surface area contributed by atoms with Crippen molar-refractivity contribution in [3.8, 4) is 0 Å². The largest absolute Gasteiger partial charge is 0.421 e. The van der Waals surface area contributed by atoms with E-state index >= 15 is 0 Å². The van der Waals surface area contributed by atoms with Crippen LogP contribution in [0.5, 0.6) is 0 Å². The van der Waals surface area contributed by atoms with Gasteiger partial charge in [-0.25, -0.2) is 0 Å². The molecule has 0 fully saturated rings. The molecule has 14 heteroatoms. The first-order chi connectivity index (χ1) is 12.7. The molecule has 5 nitrogen and oxygen atoms in total. The lowest BCUT2D eigenvalue weighted by Crippen LogP contribution is -2.51. The van der Waals surface area contributed by atoms with Gasteiger partial charge in [0.15, 0.2) is 0 Å². The summed E-state index contributed by atoms with van der Waals surface area (Å²) in [7, 11) is -6.28. The molecule has 0 aliphatic rings. The van der Waals surface area contributed by atoms with Crippen LogP contribution in [0.2, 0.25) is 0 Å². The SMILES string of the molecule is O=S(=O)(O)C(F)(F)C(OCCCCOCc1cc(I)cc(I)c1I)C(F)(F)F. The quantitative estimate of drug-likeness (QED) is 0.116. The van der Waals surface area contributed by atoms with Crippen LogP contribution in [0, 0.1) is 10.7 Å². The summed E-state index contributed by atoms with van der Waals surface area (Å²) < 4.78 is 107. The van der Waals surface area contributed by atoms with E-state index in [1.807, 2.05) is 12.1 Å². The predicted octanol–water partition coefficient (Wildman–Crippen LogP) is 5.23. The monoisotopic (exact) mass is 770 g/mol. The molecule has 162 valence electrons. The summed E-state index contributed by atoms with van der Waals surface area (Å²) in [6.07, 6.45) is -9.49. The van der Waals surface area contributed by atoms with Crippen LogP contribution >= 0.6 is 67.8 Å². The van der Waals surface area contributed by atoms with E-state index < -0.39 is 34.3 Å². The number of rotatable bonds is 10. The Kier molecular flexibility index (Phi) is 10.5. The second kappa shape index (κ2) is 11.0. The highest BCUT2D eigenvalue weighted by molar-refractivity contribution is 14.1. The Balaban J connectivity index is 2.47. The molecule has 0 saturated carbocycles. The highest BCUT2D eigenvalue weighted by atomic mass is 127. The van der Waals surface area contributed by atoms with E-state index in [-0.39, 0.29) is 26.1 Å². The van der Waals surface area contributed by atoms with Crippen LogP contribution in [0.25, 0.3) is 0 Å². The standard InChI is InChI=1S/C14H14F5I3O5S/c15-13(16,17)12(14(18,19)28(23,24)25)27-4-2-1-3-26-7-8-5-9(20)6-10(21)11(8)22/h5-6,12H,1-4,7H2,(H,23,24,25). The fourth-order valence-corrected chi connectivity index (χ4v) is 4.83. The Morgan fingerprint density at radius 3 is 2.14 bits per heavy atom. The van der Waals surface area contributed by atoms with Gasteiger partial charge in [0.05, 0.1) is 6.61 Å². The van der Waals surface area contributed by atoms with Gasteiger partial charge in [-0.15, -0.1) is 0 Å². The van der Waals surface area contributed by atoms with Gasteiger partial charge >= 0.3 is 21.5 Å². The van der Waals surface area contributed by atoms with Crippen LogP contribution in [-0.2, 0) is 26.2 Å². The molecule has 1 atom stereocenters. The fraction of sp³-hybridized carbons (Fsp3) is 0.571. The van der Waals surface area contributed by atoms with Crippen molar-refractivity contribution in [3.63, 3.8) is 0 Å². The van der Waals surface area contributed by atoms with E-state index in [9.17, 15) is 30.4 Å². The number of unbranched alkanes of at least 4 members (excludes halogenated alkanes) is 1. The lowest BCUT2D eigenvalue weighted by atomic mass is 10.2. The van der Waals surface area contributed by atoms with Gasteiger partial charge in [-0.05, 0) is 98.3 Å². The summed E-state index contributed by atoms with van der Waals surface area (Å²) in [5.74, 6) is 0. The van der Waals surface area contributed by atoms with Crippen LogP contribution in [0.1, 0.15) is 18.4 Å². The third kappa shape index (κ3) is 7.86. The van der Waals surface area contributed by atoms with Crippen molar-refractivity contribution >= 4 is 77.9 Å². The minimum atomic E-state index is -6.28. The molecule has 0 aliphatic carbocycles. The number of alkyl halides is 5. The molecule has 0 heterocycles. The zero-order valence-electron chi connectivity index (χ0n) is 13.8. The van der Waals surface area contributed by atoms with Crippen LogP contribution < -0.4 is 0 Å². The fourth-order valence-electron chi connectivity index (χ4n) is 1.92. The van der Waals surface area contributed by atoms with Gasteiger partial charge < -0.3 is 9.47 Å². The summed E-state index contributed by atoms with van der Waals surface area (Å²) in [6.45, 7) is -0.359. The maximum absolute atomic E-state index is 13.3. The molecule has 1 unspecified atom stereocenters. The lowest BCUT2D eigenvalue weighted by Gasteiger charge is -2.26. The minimum Gasteiger partial charge on any atom is -0.377 e. The van der Waals surface area contributed by atoms with Gasteiger partial charge in [0.2, 0.25) is 6.10 Å². The van der Waals surface area contributed by atoms with E-state index in [4.69, 9.17) is 9.29 Å². The summed E-state index contributed by atoms with van der Waals surface area (Å²) in [5.41, 5.74) is 0.943. The predicted molar refractivity (Wildman–Crippen MR) is 116 cm³/mol. The molecule has 0 saturated heterocycles. The van der Waals surface area contributed by atoms with Crippen molar-refractivity contribution in [3.05, 3.63) is 28.4 Å². The van der Waals surface area contributed by atoms with Crippen LogP contribution in [0.3, 0.4) is 0 Å². The zero-order valence-corrected chi connectivity index (χ0v) is 21.1. The first kappa shape index (κ1) is 26.9. The molecule has 0 spiro atoms. The van der Waals surface area contributed by atoms with Crippen molar-refractivity contribution in [2.24, 2.45) is 0 Å². The highest BCUT2D eigenvalue weighted by Gasteiger charge is 2.64. The van der Waals surface area contributed by atoms with Gasteiger partial charge in [0.25, 0.3) is 0 Å².